The summed E-state index contributed by atoms with van der Waals surface area (Å²) < 4.78 is 2.25. The van der Waals surface area contributed by atoms with E-state index in [1.54, 1.807) is 0 Å². The highest BCUT2D eigenvalue weighted by Crippen LogP contribution is 2.30. The van der Waals surface area contributed by atoms with Crippen molar-refractivity contribution in [2.75, 3.05) is 6.61 Å². The quantitative estimate of drug-likeness (QED) is 0.149. The molecule has 3 aromatic carbocycles. The highest BCUT2D eigenvalue weighted by atomic mass is 16.3. The topological polar surface area (TPSA) is 66.6 Å². The van der Waals surface area contributed by atoms with Crippen LogP contribution in [0.3, 0.4) is 0 Å². The van der Waals surface area contributed by atoms with Crippen molar-refractivity contribution in [1.29, 1.82) is 0 Å². The van der Waals surface area contributed by atoms with Gasteiger partial charge >= 0.3 is 0 Å². The van der Waals surface area contributed by atoms with Crippen LogP contribution in [-0.2, 0) is 11.2 Å². The van der Waals surface area contributed by atoms with E-state index in [0.717, 1.165) is 53.7 Å². The van der Waals surface area contributed by atoms with Gasteiger partial charge in [0.25, 0.3) is 5.91 Å². The van der Waals surface area contributed by atoms with Gasteiger partial charge in [0.15, 0.2) is 0 Å². The molecule has 0 spiro atoms. The third-order valence-corrected chi connectivity index (χ3v) is 7.49. The summed E-state index contributed by atoms with van der Waals surface area (Å²) in [5.41, 5.74) is 9.11. The van der Waals surface area contributed by atoms with Gasteiger partial charge in [-0.2, -0.15) is 0 Å². The van der Waals surface area contributed by atoms with Crippen LogP contribution in [0.1, 0.15) is 65.9 Å². The third-order valence-electron chi connectivity index (χ3n) is 7.49. The zero-order valence-electron chi connectivity index (χ0n) is 23.5. The molecular weight excluding hydrogens is 494 g/mol. The predicted octanol–water partition coefficient (Wildman–Crippen LogP) is 7.12. The summed E-state index contributed by atoms with van der Waals surface area (Å²) >= 11 is 0. The average molecular weight is 532 g/mol. The molecule has 40 heavy (non-hydrogen) atoms. The molecule has 0 bridgehead atoms. The van der Waals surface area contributed by atoms with Gasteiger partial charge in [-0.3, -0.25) is 9.20 Å². The number of nitrogens with zero attached hydrogens (tertiary/aromatic N) is 2. The number of carbonyl (C=O) groups excluding carboxylic acids is 1. The number of aryl methyl sites for hydroxylation is 2. The smallest absolute Gasteiger partial charge is 0.252 e. The lowest BCUT2D eigenvalue weighted by atomic mass is 9.98. The fourth-order valence-electron chi connectivity index (χ4n) is 5.46. The second-order valence-corrected chi connectivity index (χ2v) is 10.4. The Labute approximate surface area is 236 Å². The van der Waals surface area contributed by atoms with Gasteiger partial charge in [-0.25, -0.2) is 4.98 Å². The molecule has 2 N–H and O–H groups in total. The van der Waals surface area contributed by atoms with Crippen LogP contribution in [0.5, 0.6) is 0 Å². The van der Waals surface area contributed by atoms with Crippen molar-refractivity contribution >= 4 is 28.0 Å². The van der Waals surface area contributed by atoms with Crippen LogP contribution < -0.4 is 5.32 Å². The van der Waals surface area contributed by atoms with Gasteiger partial charge in [0.2, 0.25) is 0 Å². The van der Waals surface area contributed by atoms with E-state index in [-0.39, 0.29) is 12.5 Å². The summed E-state index contributed by atoms with van der Waals surface area (Å²) in [6.45, 7) is 6.15. The number of unbranched alkanes of at least 4 members (excludes halogenated alkanes) is 2. The molecule has 204 valence electrons. The highest BCUT2D eigenvalue weighted by molar-refractivity contribution is 6.19. The molecule has 0 unspecified atom stereocenters. The SMILES string of the molecule is CCCC/C=C(/C(=O)N[C@@H](CO)c1ccccc1)c1ccc(Cc2c3ccccc3n3c(C)cc(C)nc23)cc1. The number of benzene rings is 3. The predicted molar refractivity (Wildman–Crippen MR) is 163 cm³/mol. The van der Waals surface area contributed by atoms with E-state index in [1.165, 1.54) is 22.2 Å². The van der Waals surface area contributed by atoms with E-state index in [4.69, 9.17) is 4.98 Å². The van der Waals surface area contributed by atoms with Gasteiger partial charge in [0, 0.05) is 34.3 Å². The van der Waals surface area contributed by atoms with Crippen LogP contribution in [0.15, 0.2) is 91.0 Å². The molecule has 5 heteroatoms. The maximum Gasteiger partial charge on any atom is 0.252 e. The Balaban J connectivity index is 1.44. The summed E-state index contributed by atoms with van der Waals surface area (Å²) in [4.78, 5) is 18.4. The van der Waals surface area contributed by atoms with Crippen molar-refractivity contribution in [2.45, 2.75) is 52.5 Å². The second kappa shape index (κ2) is 12.3. The van der Waals surface area contributed by atoms with Gasteiger partial charge in [0.1, 0.15) is 5.65 Å². The molecule has 0 saturated heterocycles. The Morgan fingerprint density at radius 2 is 1.73 bits per heavy atom. The molecule has 5 nitrogen and oxygen atoms in total. The first kappa shape index (κ1) is 27.4. The molecule has 0 aliphatic rings. The number of allylic oxidation sites excluding steroid dienone is 1. The number of para-hydroxylation sites is 1. The summed E-state index contributed by atoms with van der Waals surface area (Å²) in [7, 11) is 0. The molecule has 0 fully saturated rings. The molecule has 0 aliphatic carbocycles. The zero-order valence-corrected chi connectivity index (χ0v) is 23.5. The number of nitrogens with one attached hydrogen (secondary N) is 1. The van der Waals surface area contributed by atoms with Crippen molar-refractivity contribution in [2.24, 2.45) is 0 Å². The van der Waals surface area contributed by atoms with Gasteiger partial charge in [-0.15, -0.1) is 0 Å². The van der Waals surface area contributed by atoms with Crippen molar-refractivity contribution in [3.8, 4) is 0 Å². The number of hydrogen-bond acceptors (Lipinski definition) is 3. The fraction of sp³-hybridized carbons (Fsp3) is 0.257. The molecular formula is C35H37N3O2. The summed E-state index contributed by atoms with van der Waals surface area (Å²) in [5.74, 6) is -0.175. The Hall–Kier alpha value is -4.22. The molecule has 5 aromatic rings. The molecule has 0 saturated carbocycles. The Bertz CT molecular complexity index is 1650. The lowest BCUT2D eigenvalue weighted by Crippen LogP contribution is -2.31. The minimum atomic E-state index is -0.460. The first-order valence-corrected chi connectivity index (χ1v) is 14.1. The Morgan fingerprint density at radius 1 is 1.00 bits per heavy atom. The summed E-state index contributed by atoms with van der Waals surface area (Å²) in [5, 5.41) is 14.3. The third kappa shape index (κ3) is 5.70. The number of carbonyl (C=O) groups is 1. The van der Waals surface area contributed by atoms with E-state index in [2.05, 4.69) is 66.0 Å². The van der Waals surface area contributed by atoms with E-state index in [9.17, 15) is 9.90 Å². The maximum absolute atomic E-state index is 13.5. The second-order valence-electron chi connectivity index (χ2n) is 10.4. The standard InChI is InChI=1S/C35H37N3O2/c1-4-5-7-14-29(35(40)37-32(23-39)28-12-8-6-9-13-28)27-19-17-26(18-20-27)22-31-30-15-10-11-16-33(30)38-25(3)21-24(2)36-34(31)38/h6,8-21,32,39H,4-5,7,22-23H2,1-3H3,(H,37,40)/b29-14+/t32-/m0/s1. The van der Waals surface area contributed by atoms with E-state index >= 15 is 0 Å². The van der Waals surface area contributed by atoms with Crippen molar-refractivity contribution in [3.05, 3.63) is 125 Å². The molecule has 2 heterocycles. The van der Waals surface area contributed by atoms with E-state index in [1.807, 2.05) is 55.5 Å². The minimum Gasteiger partial charge on any atom is -0.394 e. The molecule has 0 radical (unpaired) electrons. The van der Waals surface area contributed by atoms with Crippen LogP contribution in [0.25, 0.3) is 22.1 Å². The lowest BCUT2D eigenvalue weighted by molar-refractivity contribution is -0.116. The van der Waals surface area contributed by atoms with Crippen LogP contribution in [-0.4, -0.2) is 27.0 Å². The van der Waals surface area contributed by atoms with Crippen molar-refractivity contribution in [3.63, 3.8) is 0 Å². The van der Waals surface area contributed by atoms with E-state index < -0.39 is 6.04 Å². The number of aliphatic hydroxyl groups excluding tert-OH is 1. The van der Waals surface area contributed by atoms with E-state index in [0.29, 0.717) is 5.57 Å². The van der Waals surface area contributed by atoms with Gasteiger partial charge in [0.05, 0.1) is 18.2 Å². The van der Waals surface area contributed by atoms with Crippen LogP contribution in [0.4, 0.5) is 0 Å². The van der Waals surface area contributed by atoms with Crippen molar-refractivity contribution < 1.29 is 9.90 Å². The number of amides is 1. The van der Waals surface area contributed by atoms with Crippen LogP contribution in [0, 0.1) is 13.8 Å². The summed E-state index contributed by atoms with van der Waals surface area (Å²) in [6.07, 6.45) is 5.66. The Kier molecular flexibility index (Phi) is 8.42. The fourth-order valence-corrected chi connectivity index (χ4v) is 5.46. The maximum atomic E-state index is 13.5. The average Bonchev–Trinajstić information content (AvgIpc) is 3.28. The number of aliphatic hydroxyl groups is 1. The van der Waals surface area contributed by atoms with Crippen LogP contribution >= 0.6 is 0 Å². The first-order chi connectivity index (χ1) is 19.5. The number of hydrogen-bond donors (Lipinski definition) is 2. The molecule has 0 aliphatic heterocycles. The number of aromatic nitrogens is 2. The number of fused-ring (bicyclic) bond motifs is 3. The molecule has 5 rings (SSSR count). The van der Waals surface area contributed by atoms with Gasteiger partial charge < -0.3 is 10.4 Å². The minimum absolute atomic E-state index is 0.163. The largest absolute Gasteiger partial charge is 0.394 e. The van der Waals surface area contributed by atoms with Gasteiger partial charge in [-0.1, -0.05) is 98.6 Å². The summed E-state index contributed by atoms with van der Waals surface area (Å²) in [6, 6.07) is 28.0. The first-order valence-electron chi connectivity index (χ1n) is 14.1. The molecule has 1 amide bonds. The normalized spacial score (nSPS) is 12.7. The molecule has 2 aromatic heterocycles. The lowest BCUT2D eigenvalue weighted by Gasteiger charge is -2.18. The number of rotatable bonds is 10. The zero-order chi connectivity index (χ0) is 28.1. The van der Waals surface area contributed by atoms with Crippen molar-refractivity contribution in [1.82, 2.24) is 14.7 Å². The van der Waals surface area contributed by atoms with Crippen LogP contribution in [0.2, 0.25) is 0 Å². The highest BCUT2D eigenvalue weighted by Gasteiger charge is 2.19. The Morgan fingerprint density at radius 3 is 2.45 bits per heavy atom. The van der Waals surface area contributed by atoms with Gasteiger partial charge in [-0.05, 0) is 49.1 Å². The molecule has 1 atom stereocenters. The monoisotopic (exact) mass is 531 g/mol.